The summed E-state index contributed by atoms with van der Waals surface area (Å²) in [7, 11) is 0. The number of carbonyl (C=O) groups is 1. The maximum absolute atomic E-state index is 12.3. The van der Waals surface area contributed by atoms with E-state index in [1.54, 1.807) is 0 Å². The van der Waals surface area contributed by atoms with Gasteiger partial charge < -0.3 is 15.3 Å². The van der Waals surface area contributed by atoms with Crippen LogP contribution >= 0.6 is 0 Å². The van der Waals surface area contributed by atoms with Crippen molar-refractivity contribution in [3.8, 4) is 0 Å². The van der Waals surface area contributed by atoms with Gasteiger partial charge in [-0.2, -0.15) is 0 Å². The minimum atomic E-state index is -0.753. The Kier molecular flexibility index (Phi) is 6.09. The first-order valence-electron chi connectivity index (χ1n) is 7.24. The summed E-state index contributed by atoms with van der Waals surface area (Å²) in [5, 5.41) is 13.5. The summed E-state index contributed by atoms with van der Waals surface area (Å²) in [5.74, 6) is 0.158. The lowest BCUT2D eigenvalue weighted by Gasteiger charge is -2.37. The van der Waals surface area contributed by atoms with E-state index in [9.17, 15) is 9.90 Å². The van der Waals surface area contributed by atoms with Crippen molar-refractivity contribution in [2.24, 2.45) is 0 Å². The van der Waals surface area contributed by atoms with Crippen molar-refractivity contribution in [2.75, 3.05) is 19.6 Å². The topological polar surface area (TPSA) is 52.6 Å². The zero-order chi connectivity index (χ0) is 13.6. The zero-order valence-electron chi connectivity index (χ0n) is 12.0. The van der Waals surface area contributed by atoms with Gasteiger partial charge in [-0.05, 0) is 39.2 Å². The molecule has 4 nitrogen and oxygen atoms in total. The molecule has 1 saturated heterocycles. The molecule has 0 spiro atoms. The van der Waals surface area contributed by atoms with Crippen molar-refractivity contribution < 1.29 is 9.90 Å². The molecule has 1 aliphatic rings. The van der Waals surface area contributed by atoms with E-state index < -0.39 is 5.60 Å². The summed E-state index contributed by atoms with van der Waals surface area (Å²) in [4.78, 5) is 14.1. The molecular weight excluding hydrogens is 228 g/mol. The Morgan fingerprint density at radius 2 is 2.17 bits per heavy atom. The molecule has 1 aliphatic heterocycles. The number of piperidine rings is 1. The first kappa shape index (κ1) is 15.4. The number of hydrogen-bond donors (Lipinski definition) is 2. The zero-order valence-corrected chi connectivity index (χ0v) is 12.0. The Balaban J connectivity index is 2.52. The summed E-state index contributed by atoms with van der Waals surface area (Å²) in [5.41, 5.74) is -0.753. The lowest BCUT2D eigenvalue weighted by molar-refractivity contribution is -0.139. The molecule has 0 aromatic carbocycles. The lowest BCUT2D eigenvalue weighted by Crippen LogP contribution is -2.54. The van der Waals surface area contributed by atoms with Crippen molar-refractivity contribution in [3.63, 3.8) is 0 Å². The van der Waals surface area contributed by atoms with Gasteiger partial charge in [0.2, 0.25) is 5.91 Å². The number of nitrogens with one attached hydrogen (secondary N) is 1. The quantitative estimate of drug-likeness (QED) is 0.726. The number of aliphatic hydroxyl groups is 1. The summed E-state index contributed by atoms with van der Waals surface area (Å²) in [6.07, 6.45) is 4.66. The Morgan fingerprint density at radius 3 is 2.78 bits per heavy atom. The van der Waals surface area contributed by atoms with Crippen molar-refractivity contribution in [2.45, 2.75) is 64.5 Å². The second kappa shape index (κ2) is 7.10. The van der Waals surface area contributed by atoms with Crippen LogP contribution in [0.25, 0.3) is 0 Å². The van der Waals surface area contributed by atoms with E-state index in [0.717, 1.165) is 45.2 Å². The molecule has 1 rings (SSSR count). The van der Waals surface area contributed by atoms with Crippen LogP contribution in [0.4, 0.5) is 0 Å². The van der Waals surface area contributed by atoms with Crippen LogP contribution in [-0.4, -0.2) is 47.2 Å². The second-order valence-corrected chi connectivity index (χ2v) is 5.66. The Hall–Kier alpha value is -0.610. The van der Waals surface area contributed by atoms with Crippen LogP contribution in [0.3, 0.4) is 0 Å². The van der Waals surface area contributed by atoms with Crippen LogP contribution in [0.2, 0.25) is 0 Å². The van der Waals surface area contributed by atoms with Gasteiger partial charge in [-0.3, -0.25) is 4.79 Å². The van der Waals surface area contributed by atoms with Crippen LogP contribution < -0.4 is 5.32 Å². The molecular formula is C14H28N2O2. The Morgan fingerprint density at radius 1 is 1.44 bits per heavy atom. The van der Waals surface area contributed by atoms with Gasteiger partial charge >= 0.3 is 0 Å². The highest BCUT2D eigenvalue weighted by molar-refractivity contribution is 5.82. The number of nitrogens with zero attached hydrogens (tertiary/aromatic N) is 1. The van der Waals surface area contributed by atoms with Crippen LogP contribution in [0, 0.1) is 0 Å². The molecule has 1 heterocycles. The van der Waals surface area contributed by atoms with Gasteiger partial charge in [-0.1, -0.05) is 20.3 Å². The SMILES string of the molecule is CCCNC1CCCN(CC(C)(O)CCC)C1=O. The van der Waals surface area contributed by atoms with Gasteiger partial charge in [-0.25, -0.2) is 0 Å². The Labute approximate surface area is 111 Å². The number of likely N-dealkylation sites (tertiary alicyclic amines) is 1. The monoisotopic (exact) mass is 256 g/mol. The van der Waals surface area contributed by atoms with E-state index >= 15 is 0 Å². The van der Waals surface area contributed by atoms with Crippen molar-refractivity contribution >= 4 is 5.91 Å². The minimum Gasteiger partial charge on any atom is -0.388 e. The number of β-amino-alcohol motifs (C(OH)–C–C–N with tert-alkyl or cyclic N) is 1. The summed E-state index contributed by atoms with van der Waals surface area (Å²) in [6, 6.07) is -0.0453. The smallest absolute Gasteiger partial charge is 0.239 e. The van der Waals surface area contributed by atoms with Gasteiger partial charge in [0, 0.05) is 13.1 Å². The van der Waals surface area contributed by atoms with E-state index in [4.69, 9.17) is 0 Å². The van der Waals surface area contributed by atoms with E-state index in [-0.39, 0.29) is 11.9 Å². The molecule has 0 aliphatic carbocycles. The third kappa shape index (κ3) is 4.58. The predicted octanol–water partition coefficient (Wildman–Crippen LogP) is 1.53. The fraction of sp³-hybridized carbons (Fsp3) is 0.929. The highest BCUT2D eigenvalue weighted by atomic mass is 16.3. The largest absolute Gasteiger partial charge is 0.388 e. The van der Waals surface area contributed by atoms with Gasteiger partial charge in [0.05, 0.1) is 11.6 Å². The van der Waals surface area contributed by atoms with Crippen molar-refractivity contribution in [1.82, 2.24) is 10.2 Å². The molecule has 4 heteroatoms. The normalized spacial score (nSPS) is 24.1. The van der Waals surface area contributed by atoms with Gasteiger partial charge in [0.25, 0.3) is 0 Å². The van der Waals surface area contributed by atoms with Crippen molar-refractivity contribution in [1.29, 1.82) is 0 Å². The number of hydrogen-bond acceptors (Lipinski definition) is 3. The van der Waals surface area contributed by atoms with Gasteiger partial charge in [0.15, 0.2) is 0 Å². The minimum absolute atomic E-state index is 0.0453. The van der Waals surface area contributed by atoms with Crippen LogP contribution in [0.5, 0.6) is 0 Å². The summed E-state index contributed by atoms with van der Waals surface area (Å²) >= 11 is 0. The molecule has 18 heavy (non-hydrogen) atoms. The maximum Gasteiger partial charge on any atom is 0.239 e. The molecule has 1 fully saturated rings. The number of rotatable bonds is 7. The molecule has 2 atom stereocenters. The van der Waals surface area contributed by atoms with E-state index in [1.807, 2.05) is 11.8 Å². The third-order valence-corrected chi connectivity index (χ3v) is 3.49. The molecule has 0 saturated carbocycles. The van der Waals surface area contributed by atoms with Crippen molar-refractivity contribution in [3.05, 3.63) is 0 Å². The standard InChI is InChI=1S/C14H28N2O2/c1-4-8-14(3,18)11-16-10-6-7-12(13(16)17)15-9-5-2/h12,15,18H,4-11H2,1-3H3. The molecule has 2 unspecified atom stereocenters. The second-order valence-electron chi connectivity index (χ2n) is 5.66. The molecule has 0 radical (unpaired) electrons. The Bertz CT molecular complexity index is 267. The van der Waals surface area contributed by atoms with Crippen LogP contribution in [-0.2, 0) is 4.79 Å². The lowest BCUT2D eigenvalue weighted by atomic mass is 9.97. The highest BCUT2D eigenvalue weighted by Gasteiger charge is 2.32. The third-order valence-electron chi connectivity index (χ3n) is 3.49. The summed E-state index contributed by atoms with van der Waals surface area (Å²) < 4.78 is 0. The summed E-state index contributed by atoms with van der Waals surface area (Å²) in [6.45, 7) is 8.11. The van der Waals surface area contributed by atoms with Gasteiger partial charge in [0.1, 0.15) is 0 Å². The van der Waals surface area contributed by atoms with E-state index in [0.29, 0.717) is 6.54 Å². The molecule has 2 N–H and O–H groups in total. The fourth-order valence-electron chi connectivity index (χ4n) is 2.63. The highest BCUT2D eigenvalue weighted by Crippen LogP contribution is 2.18. The first-order valence-corrected chi connectivity index (χ1v) is 7.24. The fourth-order valence-corrected chi connectivity index (χ4v) is 2.63. The molecule has 0 aromatic rings. The molecule has 1 amide bonds. The average Bonchev–Trinajstić information content (AvgIpc) is 2.30. The molecule has 106 valence electrons. The van der Waals surface area contributed by atoms with Crippen LogP contribution in [0.15, 0.2) is 0 Å². The average molecular weight is 256 g/mol. The molecule has 0 bridgehead atoms. The predicted molar refractivity (Wildman–Crippen MR) is 73.4 cm³/mol. The van der Waals surface area contributed by atoms with E-state index in [2.05, 4.69) is 19.2 Å². The first-order chi connectivity index (χ1) is 8.50. The van der Waals surface area contributed by atoms with Gasteiger partial charge in [-0.15, -0.1) is 0 Å². The number of carbonyl (C=O) groups excluding carboxylic acids is 1. The molecule has 0 aromatic heterocycles. The maximum atomic E-state index is 12.3. The van der Waals surface area contributed by atoms with Crippen LogP contribution in [0.1, 0.15) is 52.9 Å². The van der Waals surface area contributed by atoms with E-state index in [1.165, 1.54) is 0 Å². The number of amides is 1.